The van der Waals surface area contributed by atoms with Gasteiger partial charge in [-0.15, -0.1) is 0 Å². The van der Waals surface area contributed by atoms with Gasteiger partial charge in [-0.1, -0.05) is 6.92 Å². The van der Waals surface area contributed by atoms with Gasteiger partial charge in [0.25, 0.3) is 0 Å². The van der Waals surface area contributed by atoms with E-state index in [1.807, 2.05) is 71.9 Å². The van der Waals surface area contributed by atoms with Gasteiger partial charge in [-0.25, -0.2) is 4.79 Å². The minimum Gasteiger partial charge on any atom is -0.488 e. The molecule has 0 aromatic heterocycles. The van der Waals surface area contributed by atoms with Crippen LogP contribution in [-0.2, 0) is 16.0 Å². The number of benzene rings is 1. The molecule has 1 aromatic carbocycles. The van der Waals surface area contributed by atoms with Crippen molar-refractivity contribution < 1.29 is 19.1 Å². The number of rotatable bonds is 3. The van der Waals surface area contributed by atoms with Crippen molar-refractivity contribution in [1.82, 2.24) is 9.80 Å². The Hall–Kier alpha value is -2.44. The number of anilines is 1. The quantitative estimate of drug-likeness (QED) is 0.774. The molecule has 0 N–H and O–H groups in total. The van der Waals surface area contributed by atoms with Crippen LogP contribution in [0.3, 0.4) is 0 Å². The maximum atomic E-state index is 12.7. The fourth-order valence-corrected chi connectivity index (χ4v) is 3.23. The molecule has 0 aliphatic carbocycles. The predicted molar refractivity (Wildman–Crippen MR) is 115 cm³/mol. The van der Waals surface area contributed by atoms with E-state index in [4.69, 9.17) is 9.47 Å². The molecule has 0 saturated carbocycles. The lowest BCUT2D eigenvalue weighted by atomic mass is 10.0. The summed E-state index contributed by atoms with van der Waals surface area (Å²) in [6.07, 6.45) is -0.375. The van der Waals surface area contributed by atoms with Gasteiger partial charge in [0.2, 0.25) is 5.91 Å². The molecule has 2 atom stereocenters. The molecular formula is C22H35N3O4. The average molecular weight is 406 g/mol. The Morgan fingerprint density at radius 1 is 1.28 bits per heavy atom. The van der Waals surface area contributed by atoms with Crippen LogP contribution in [0.5, 0.6) is 5.75 Å². The number of carbonyl (C=O) groups is 2. The van der Waals surface area contributed by atoms with E-state index in [-0.39, 0.29) is 30.4 Å². The summed E-state index contributed by atoms with van der Waals surface area (Å²) in [5.41, 5.74) is 1.31. The van der Waals surface area contributed by atoms with Crippen LogP contribution in [0.1, 0.15) is 33.3 Å². The van der Waals surface area contributed by atoms with E-state index >= 15 is 0 Å². The highest BCUT2D eigenvalue weighted by Crippen LogP contribution is 2.29. The topological polar surface area (TPSA) is 62.3 Å². The highest BCUT2D eigenvalue weighted by molar-refractivity contribution is 5.80. The van der Waals surface area contributed by atoms with Gasteiger partial charge in [0.15, 0.2) is 0 Å². The van der Waals surface area contributed by atoms with Gasteiger partial charge in [-0.2, -0.15) is 0 Å². The Morgan fingerprint density at radius 2 is 1.93 bits per heavy atom. The van der Waals surface area contributed by atoms with Crippen molar-refractivity contribution in [1.29, 1.82) is 0 Å². The Kier molecular flexibility index (Phi) is 7.03. The molecule has 29 heavy (non-hydrogen) atoms. The number of ether oxygens (including phenoxy) is 2. The lowest BCUT2D eigenvalue weighted by Gasteiger charge is -2.32. The van der Waals surface area contributed by atoms with E-state index in [1.165, 1.54) is 0 Å². The van der Waals surface area contributed by atoms with Crippen LogP contribution in [0, 0.1) is 5.92 Å². The molecule has 1 aliphatic rings. The van der Waals surface area contributed by atoms with Crippen LogP contribution in [0.25, 0.3) is 0 Å². The summed E-state index contributed by atoms with van der Waals surface area (Å²) < 4.78 is 11.8. The predicted octanol–water partition coefficient (Wildman–Crippen LogP) is 3.02. The lowest BCUT2D eigenvalue weighted by molar-refractivity contribution is -0.129. The first kappa shape index (κ1) is 22.8. The van der Waals surface area contributed by atoms with Gasteiger partial charge < -0.3 is 24.2 Å². The van der Waals surface area contributed by atoms with Crippen LogP contribution >= 0.6 is 0 Å². The maximum Gasteiger partial charge on any atom is 0.410 e. The molecule has 2 amide bonds. The molecular weight excluding hydrogens is 370 g/mol. The number of hydrogen-bond donors (Lipinski definition) is 0. The maximum absolute atomic E-state index is 12.7. The van der Waals surface area contributed by atoms with Crippen LogP contribution in [-0.4, -0.2) is 74.8 Å². The van der Waals surface area contributed by atoms with Crippen molar-refractivity contribution in [2.24, 2.45) is 5.92 Å². The third-order valence-electron chi connectivity index (χ3n) is 4.96. The number of carbonyl (C=O) groups excluding carboxylic acids is 2. The molecule has 0 saturated heterocycles. The summed E-state index contributed by atoms with van der Waals surface area (Å²) in [7, 11) is 7.45. The second kappa shape index (κ2) is 8.93. The third-order valence-corrected chi connectivity index (χ3v) is 4.96. The van der Waals surface area contributed by atoms with Crippen molar-refractivity contribution >= 4 is 17.7 Å². The summed E-state index contributed by atoms with van der Waals surface area (Å²) in [5, 5.41) is 0. The van der Waals surface area contributed by atoms with E-state index in [2.05, 4.69) is 0 Å². The van der Waals surface area contributed by atoms with Gasteiger partial charge in [0, 0.05) is 51.9 Å². The second-order valence-corrected chi connectivity index (χ2v) is 9.13. The zero-order valence-electron chi connectivity index (χ0n) is 19.0. The van der Waals surface area contributed by atoms with Crippen LogP contribution in [0.4, 0.5) is 10.5 Å². The number of likely N-dealkylation sites (N-methyl/N-ethyl adjacent to an activating group) is 2. The summed E-state index contributed by atoms with van der Waals surface area (Å²) in [5.74, 6) is 0.778. The summed E-state index contributed by atoms with van der Waals surface area (Å²) in [4.78, 5) is 30.4. The average Bonchev–Trinajstić information content (AvgIpc) is 2.63. The minimum atomic E-state index is -0.557. The smallest absolute Gasteiger partial charge is 0.410 e. The minimum absolute atomic E-state index is 0.0355. The van der Waals surface area contributed by atoms with Crippen molar-refractivity contribution in [2.75, 3.05) is 46.2 Å². The Bertz CT molecular complexity index is 742. The summed E-state index contributed by atoms with van der Waals surface area (Å²) in [6.45, 7) is 8.49. The normalized spacial score (nSPS) is 20.0. The molecule has 2 rings (SSSR count). The molecule has 162 valence electrons. The molecule has 1 heterocycles. The van der Waals surface area contributed by atoms with E-state index in [0.717, 1.165) is 11.3 Å². The largest absolute Gasteiger partial charge is 0.488 e. The first-order valence-corrected chi connectivity index (χ1v) is 10.0. The molecule has 1 aromatic rings. The van der Waals surface area contributed by atoms with Gasteiger partial charge >= 0.3 is 6.09 Å². The SMILES string of the molecule is C[C@@H]1CN(C)C(=O)Cc2cc(N(C)C)ccc2O[C@H]1CN(C)C(=O)OC(C)(C)C. The van der Waals surface area contributed by atoms with Crippen molar-refractivity contribution in [2.45, 2.75) is 45.8 Å². The Labute approximate surface area is 174 Å². The van der Waals surface area contributed by atoms with Crippen molar-refractivity contribution in [3.05, 3.63) is 23.8 Å². The number of hydrogen-bond acceptors (Lipinski definition) is 5. The van der Waals surface area contributed by atoms with Crippen LogP contribution < -0.4 is 9.64 Å². The zero-order valence-corrected chi connectivity index (χ0v) is 19.0. The number of nitrogens with zero attached hydrogens (tertiary/aromatic N) is 3. The first-order chi connectivity index (χ1) is 13.4. The van der Waals surface area contributed by atoms with Gasteiger partial charge in [-0.3, -0.25) is 4.79 Å². The third kappa shape index (κ3) is 6.27. The fraction of sp³-hybridized carbons (Fsp3) is 0.636. The van der Waals surface area contributed by atoms with E-state index < -0.39 is 5.60 Å². The molecule has 1 aliphatic heterocycles. The molecule has 0 unspecified atom stereocenters. The van der Waals surface area contributed by atoms with Gasteiger partial charge in [0.05, 0.1) is 13.0 Å². The van der Waals surface area contributed by atoms with Gasteiger partial charge in [0.1, 0.15) is 17.5 Å². The monoisotopic (exact) mass is 405 g/mol. The van der Waals surface area contributed by atoms with Crippen molar-refractivity contribution in [3.8, 4) is 5.75 Å². The summed E-state index contributed by atoms with van der Waals surface area (Å²) >= 11 is 0. The standard InChI is InChI=1S/C22H35N3O4/c1-15-13-24(7)20(26)12-16-11-17(23(5)6)9-10-18(16)28-19(15)14-25(8)21(27)29-22(2,3)4/h9-11,15,19H,12-14H2,1-8H3/t15-,19+/m1/s1. The van der Waals surface area contributed by atoms with Crippen LogP contribution in [0.15, 0.2) is 18.2 Å². The lowest BCUT2D eigenvalue weighted by Crippen LogP contribution is -2.45. The molecule has 0 spiro atoms. The van der Waals surface area contributed by atoms with E-state index in [1.54, 1.807) is 16.8 Å². The van der Waals surface area contributed by atoms with Crippen molar-refractivity contribution in [3.63, 3.8) is 0 Å². The Balaban J connectivity index is 2.30. The number of amides is 2. The molecule has 0 fully saturated rings. The molecule has 0 bridgehead atoms. The first-order valence-electron chi connectivity index (χ1n) is 10.0. The van der Waals surface area contributed by atoms with E-state index in [9.17, 15) is 9.59 Å². The summed E-state index contributed by atoms with van der Waals surface area (Å²) in [6, 6.07) is 5.88. The van der Waals surface area contributed by atoms with Gasteiger partial charge in [-0.05, 0) is 39.0 Å². The highest BCUT2D eigenvalue weighted by atomic mass is 16.6. The number of fused-ring (bicyclic) bond motifs is 1. The second-order valence-electron chi connectivity index (χ2n) is 9.13. The van der Waals surface area contributed by atoms with E-state index in [0.29, 0.717) is 18.8 Å². The van der Waals surface area contributed by atoms with Crippen LogP contribution in [0.2, 0.25) is 0 Å². The molecule has 0 radical (unpaired) electrons. The molecule has 7 nitrogen and oxygen atoms in total. The zero-order chi connectivity index (χ0) is 21.9. The molecule has 7 heteroatoms. The highest BCUT2D eigenvalue weighted by Gasteiger charge is 2.30. The Morgan fingerprint density at radius 3 is 2.52 bits per heavy atom. The fourth-order valence-electron chi connectivity index (χ4n) is 3.23.